The molecule has 0 saturated carbocycles. The van der Waals surface area contributed by atoms with E-state index in [1.807, 2.05) is 37.4 Å². The number of benzene rings is 1. The van der Waals surface area contributed by atoms with Gasteiger partial charge in [0.05, 0.1) is 22.1 Å². The molecule has 0 spiro atoms. The second kappa shape index (κ2) is 9.51. The summed E-state index contributed by atoms with van der Waals surface area (Å²) in [5.74, 6) is 0. The molecule has 1 aromatic carbocycles. The van der Waals surface area contributed by atoms with Gasteiger partial charge in [0.15, 0.2) is 11.1 Å². The van der Waals surface area contributed by atoms with Crippen molar-refractivity contribution in [2.45, 2.75) is 29.3 Å². The molecule has 1 fully saturated rings. The number of aromatic amines is 1. The Morgan fingerprint density at radius 3 is 2.88 bits per heavy atom. The maximum absolute atomic E-state index is 13.3. The lowest BCUT2D eigenvalue weighted by Gasteiger charge is -2.22. The van der Waals surface area contributed by atoms with Crippen LogP contribution < -0.4 is 4.31 Å². The summed E-state index contributed by atoms with van der Waals surface area (Å²) in [6.45, 7) is 4.24. The fourth-order valence-corrected chi connectivity index (χ4v) is 8.44. The number of anilines is 1. The number of thiazole rings is 1. The Morgan fingerprint density at radius 1 is 1.32 bits per heavy atom. The maximum Gasteiger partial charge on any atom is 0.273 e. The number of nitrogens with one attached hydrogen (secondary N) is 1. The van der Waals surface area contributed by atoms with Crippen molar-refractivity contribution in [1.82, 2.24) is 14.9 Å². The van der Waals surface area contributed by atoms with Gasteiger partial charge in [-0.15, -0.1) is 22.7 Å². The Kier molecular flexibility index (Phi) is 6.62. The van der Waals surface area contributed by atoms with Crippen molar-refractivity contribution in [1.29, 1.82) is 0 Å². The molecule has 1 aliphatic rings. The summed E-state index contributed by atoms with van der Waals surface area (Å²) in [7, 11) is -3.65. The van der Waals surface area contributed by atoms with Crippen LogP contribution in [0, 0.1) is 0 Å². The Bertz CT molecular complexity index is 1430. The average molecular weight is 537 g/mol. The van der Waals surface area contributed by atoms with Crippen LogP contribution in [0.2, 0.25) is 0 Å². The summed E-state index contributed by atoms with van der Waals surface area (Å²) < 4.78 is 48.9. The van der Waals surface area contributed by atoms with E-state index in [1.165, 1.54) is 15.6 Å². The van der Waals surface area contributed by atoms with Crippen LogP contribution in [0.3, 0.4) is 0 Å². The van der Waals surface area contributed by atoms with Gasteiger partial charge in [-0.05, 0) is 43.5 Å². The van der Waals surface area contributed by atoms with Crippen LogP contribution in [0.1, 0.15) is 18.2 Å². The van der Waals surface area contributed by atoms with Crippen molar-refractivity contribution < 1.29 is 17.2 Å². The number of sulfonamides is 1. The highest BCUT2D eigenvalue weighted by molar-refractivity contribution is 7.94. The van der Waals surface area contributed by atoms with Crippen molar-refractivity contribution in [3.63, 3.8) is 0 Å². The molecule has 3 aromatic heterocycles. The molecule has 34 heavy (non-hydrogen) atoms. The van der Waals surface area contributed by atoms with Crippen molar-refractivity contribution in [3.05, 3.63) is 52.9 Å². The molecule has 2 N–H and O–H groups in total. The van der Waals surface area contributed by atoms with Crippen molar-refractivity contribution >= 4 is 60.4 Å². The minimum Gasteiger partial charge on any atom is -0.351 e. The molecule has 0 bridgehead atoms. The van der Waals surface area contributed by atoms with Gasteiger partial charge in [0.2, 0.25) is 0 Å². The van der Waals surface area contributed by atoms with Crippen LogP contribution in [-0.4, -0.2) is 56.9 Å². The van der Waals surface area contributed by atoms with Crippen molar-refractivity contribution in [2.75, 3.05) is 23.9 Å². The molecule has 4 heterocycles. The molecular formula is C22H24N4O4S4. The first-order valence-electron chi connectivity index (χ1n) is 10.8. The lowest BCUT2D eigenvalue weighted by Crippen LogP contribution is -2.30. The van der Waals surface area contributed by atoms with Crippen LogP contribution in [-0.2, 0) is 27.6 Å². The van der Waals surface area contributed by atoms with Gasteiger partial charge >= 0.3 is 0 Å². The molecule has 1 aliphatic heterocycles. The molecule has 0 amide bonds. The van der Waals surface area contributed by atoms with Gasteiger partial charge in [-0.3, -0.25) is 9.21 Å². The van der Waals surface area contributed by atoms with E-state index in [0.29, 0.717) is 29.5 Å². The molecule has 180 valence electrons. The zero-order valence-electron chi connectivity index (χ0n) is 18.4. The number of nitrogens with zero attached hydrogens (tertiary/aromatic N) is 3. The molecule has 5 rings (SSSR count). The monoisotopic (exact) mass is 536 g/mol. The summed E-state index contributed by atoms with van der Waals surface area (Å²) in [6, 6.07) is 11.0. The molecule has 0 radical (unpaired) electrons. The minimum atomic E-state index is -3.65. The predicted molar refractivity (Wildman–Crippen MR) is 138 cm³/mol. The molecule has 12 heteroatoms. The Hall–Kier alpha value is -2.09. The van der Waals surface area contributed by atoms with Gasteiger partial charge in [-0.1, -0.05) is 18.2 Å². The summed E-state index contributed by atoms with van der Waals surface area (Å²) >= 11 is 0.997. The van der Waals surface area contributed by atoms with Crippen LogP contribution in [0.25, 0.3) is 21.6 Å². The fraction of sp³-hybridized carbons (Fsp3) is 0.318. The third kappa shape index (κ3) is 4.45. The maximum atomic E-state index is 13.3. The van der Waals surface area contributed by atoms with Gasteiger partial charge in [0.1, 0.15) is 9.22 Å². The Labute approximate surface area is 208 Å². The second-order valence-electron chi connectivity index (χ2n) is 8.08. The number of hydrogen-bond acceptors (Lipinski definition) is 7. The first-order valence-corrected chi connectivity index (χ1v) is 15.1. The molecule has 2 unspecified atom stereocenters. The van der Waals surface area contributed by atoms with E-state index in [9.17, 15) is 17.2 Å². The number of rotatable bonds is 8. The molecule has 4 aromatic rings. The van der Waals surface area contributed by atoms with Crippen molar-refractivity contribution in [3.8, 4) is 10.7 Å². The number of aromatic nitrogens is 2. The van der Waals surface area contributed by atoms with Gasteiger partial charge in [0, 0.05) is 36.1 Å². The number of thiophene rings is 1. The predicted octanol–water partition coefficient (Wildman–Crippen LogP) is 4.36. The molecule has 2 atom stereocenters. The smallest absolute Gasteiger partial charge is 0.273 e. The van der Waals surface area contributed by atoms with Crippen LogP contribution in [0.4, 0.5) is 5.69 Å². The molecule has 1 saturated heterocycles. The third-order valence-corrected chi connectivity index (χ3v) is 11.1. The highest BCUT2D eigenvalue weighted by atomic mass is 32.2. The Balaban J connectivity index is 1.43. The number of hydrogen-bond donors (Lipinski definition) is 2. The summed E-state index contributed by atoms with van der Waals surface area (Å²) in [6.07, 6.45) is 2.57. The van der Waals surface area contributed by atoms with Gasteiger partial charge < -0.3 is 9.54 Å². The lowest BCUT2D eigenvalue weighted by molar-refractivity contribution is 0.334. The first-order chi connectivity index (χ1) is 16.4. The quantitative estimate of drug-likeness (QED) is 0.324. The number of H-pyrrole nitrogens is 1. The zero-order chi connectivity index (χ0) is 23.9. The van der Waals surface area contributed by atoms with E-state index >= 15 is 0 Å². The van der Waals surface area contributed by atoms with E-state index in [1.54, 1.807) is 28.8 Å². The van der Waals surface area contributed by atoms with E-state index < -0.39 is 21.1 Å². The highest BCUT2D eigenvalue weighted by Crippen LogP contribution is 2.35. The van der Waals surface area contributed by atoms with Crippen molar-refractivity contribution in [2.24, 2.45) is 0 Å². The third-order valence-electron chi connectivity index (χ3n) is 5.91. The normalized spacial score (nSPS) is 18.0. The van der Waals surface area contributed by atoms with Gasteiger partial charge in [-0.25, -0.2) is 17.6 Å². The highest BCUT2D eigenvalue weighted by Gasteiger charge is 2.28. The number of para-hydroxylation sites is 1. The van der Waals surface area contributed by atoms with E-state index in [0.717, 1.165) is 39.4 Å². The van der Waals surface area contributed by atoms with Gasteiger partial charge in [0.25, 0.3) is 10.0 Å². The first kappa shape index (κ1) is 23.6. The van der Waals surface area contributed by atoms with E-state index in [2.05, 4.69) is 14.9 Å². The van der Waals surface area contributed by atoms with Crippen LogP contribution in [0.15, 0.2) is 52.2 Å². The lowest BCUT2D eigenvalue weighted by atomic mass is 10.2. The topological polar surface area (TPSA) is 107 Å². The van der Waals surface area contributed by atoms with E-state index in [4.69, 9.17) is 0 Å². The number of fused-ring (bicyclic) bond motifs is 1. The Morgan fingerprint density at radius 2 is 2.18 bits per heavy atom. The summed E-state index contributed by atoms with van der Waals surface area (Å²) in [5.41, 5.74) is 2.19. The van der Waals surface area contributed by atoms with E-state index in [-0.39, 0.29) is 5.25 Å². The van der Waals surface area contributed by atoms with Gasteiger partial charge in [-0.2, -0.15) is 0 Å². The summed E-state index contributed by atoms with van der Waals surface area (Å²) in [5, 5.41) is 3.31. The molecule has 0 aliphatic carbocycles. The van der Waals surface area contributed by atoms with Crippen LogP contribution >= 0.6 is 22.7 Å². The molecular weight excluding hydrogens is 513 g/mol. The SMILES string of the molecule is CCN(c1cccc2cc(-c3ncc(CN4CCC(S(=O)O)C4)s3)[nH]c12)S(=O)(=O)c1cccs1. The summed E-state index contributed by atoms with van der Waals surface area (Å²) in [4.78, 5) is 11.2. The largest absolute Gasteiger partial charge is 0.351 e. The standard InChI is InChI=1S/C22H24N4O4S4/c1-2-26(34(29,30)20-7-4-10-31-20)19-6-3-5-15-11-18(24-21(15)19)22-23-12-16(32-22)13-25-9-8-17(14-25)33(27)28/h3-7,10-12,17,24H,2,8-9,13-14H2,1H3,(H,27,28). The second-order valence-corrected chi connectivity index (χ2v) is 13.5. The fourth-order valence-electron chi connectivity index (χ4n) is 4.28. The zero-order valence-corrected chi connectivity index (χ0v) is 21.6. The molecule has 8 nitrogen and oxygen atoms in total. The van der Waals surface area contributed by atoms with Crippen LogP contribution in [0.5, 0.6) is 0 Å². The average Bonchev–Trinajstić information content (AvgIpc) is 3.60. The minimum absolute atomic E-state index is 0.188. The number of likely N-dealkylation sites (tertiary alicyclic amines) is 1.